The Hall–Kier alpha value is -3.42. The average molecular weight is 675 g/mol. The number of hydrogen-bond donors (Lipinski definition) is 8. The molecule has 0 amide bonds. The summed E-state index contributed by atoms with van der Waals surface area (Å²) >= 11 is 0. The summed E-state index contributed by atoms with van der Waals surface area (Å²) in [5.74, 6) is -7.58. The van der Waals surface area contributed by atoms with Gasteiger partial charge in [-0.1, -0.05) is 53.4 Å². The third-order valence-electron chi connectivity index (χ3n) is 5.34. The Morgan fingerprint density at radius 1 is 0.391 bits per heavy atom. The van der Waals surface area contributed by atoms with E-state index in [4.69, 9.17) is 20.4 Å². The topological polar surface area (TPSA) is 301 Å². The molecule has 6 unspecified atom stereocenters. The van der Waals surface area contributed by atoms with E-state index in [1.165, 1.54) is 0 Å². The number of esters is 4. The Balaban J connectivity index is -0.000000630. The van der Waals surface area contributed by atoms with E-state index in [0.29, 0.717) is 25.7 Å². The average Bonchev–Trinajstić information content (AvgIpc) is 3.03. The number of rotatable bonds is 21. The summed E-state index contributed by atoms with van der Waals surface area (Å²) in [5.41, 5.74) is 0. The zero-order chi connectivity index (χ0) is 36.2. The van der Waals surface area contributed by atoms with Gasteiger partial charge in [0.2, 0.25) is 0 Å². The molecule has 0 aliphatic carbocycles. The number of unbranched alkanes of at least 4 members (excludes halogenated alkanes) is 4. The van der Waals surface area contributed by atoms with Gasteiger partial charge < -0.3 is 59.8 Å². The minimum atomic E-state index is -2.27. The third-order valence-corrected chi connectivity index (χ3v) is 5.34. The van der Waals surface area contributed by atoms with Crippen LogP contribution in [0.15, 0.2) is 0 Å². The van der Waals surface area contributed by atoms with Crippen molar-refractivity contribution in [2.75, 3.05) is 26.4 Å². The van der Waals surface area contributed by atoms with Gasteiger partial charge in [0, 0.05) is 0 Å². The van der Waals surface area contributed by atoms with Crippen LogP contribution in [0.5, 0.6) is 0 Å². The largest absolute Gasteiger partial charge is 0.479 e. The maximum Gasteiger partial charge on any atom is 0.338 e. The number of carboxylic acids is 2. The predicted octanol–water partition coefficient (Wildman–Crippen LogP) is -1.33. The van der Waals surface area contributed by atoms with Crippen molar-refractivity contribution in [2.24, 2.45) is 0 Å². The van der Waals surface area contributed by atoms with Crippen molar-refractivity contribution >= 4 is 35.8 Å². The van der Waals surface area contributed by atoms with Gasteiger partial charge in [-0.2, -0.15) is 0 Å². The molecule has 0 heterocycles. The van der Waals surface area contributed by atoms with Crippen LogP contribution < -0.4 is 0 Å². The lowest BCUT2D eigenvalue weighted by atomic mass is 10.2. The van der Waals surface area contributed by atoms with Gasteiger partial charge in [0.1, 0.15) is 0 Å². The van der Waals surface area contributed by atoms with E-state index < -0.39 is 72.4 Å². The molecule has 0 fully saturated rings. The molecular weight excluding hydrogens is 624 g/mol. The fourth-order valence-corrected chi connectivity index (χ4v) is 2.40. The van der Waals surface area contributed by atoms with Crippen LogP contribution in [0.4, 0.5) is 0 Å². The molecule has 0 spiro atoms. The zero-order valence-corrected chi connectivity index (χ0v) is 26.6. The second kappa shape index (κ2) is 29.0. The molecule has 8 N–H and O–H groups in total. The number of aliphatic hydroxyl groups is 6. The molecule has 18 nitrogen and oxygen atoms in total. The summed E-state index contributed by atoms with van der Waals surface area (Å²) in [6.07, 6.45) is -6.10. The highest BCUT2D eigenvalue weighted by Crippen LogP contribution is 2.03. The third kappa shape index (κ3) is 23.0. The monoisotopic (exact) mass is 674 g/mol. The van der Waals surface area contributed by atoms with Gasteiger partial charge in [0.05, 0.1) is 26.4 Å². The van der Waals surface area contributed by atoms with Crippen LogP contribution in [0.1, 0.15) is 79.1 Å². The van der Waals surface area contributed by atoms with Crippen LogP contribution in [0.3, 0.4) is 0 Å². The van der Waals surface area contributed by atoms with Crippen LogP contribution in [0, 0.1) is 0 Å². The minimum absolute atomic E-state index is 0.157. The number of aliphatic hydroxyl groups excluding tert-OH is 6. The smallest absolute Gasteiger partial charge is 0.338 e. The van der Waals surface area contributed by atoms with E-state index in [0.717, 1.165) is 25.7 Å². The fourth-order valence-electron chi connectivity index (χ4n) is 2.40. The van der Waals surface area contributed by atoms with Crippen molar-refractivity contribution < 1.29 is 88.6 Å². The summed E-state index contributed by atoms with van der Waals surface area (Å²) in [7, 11) is 0. The van der Waals surface area contributed by atoms with Crippen molar-refractivity contribution in [3.05, 3.63) is 0 Å². The Bertz CT molecular complexity index is 757. The molecule has 46 heavy (non-hydrogen) atoms. The molecule has 0 saturated heterocycles. The highest BCUT2D eigenvalue weighted by atomic mass is 16.6. The van der Waals surface area contributed by atoms with E-state index >= 15 is 0 Å². The number of carboxylic acid groups (broad SMARTS) is 2. The standard InChI is InChI=1S/2C12H22O6.C4H6O6/c2*1-3-5-7-17-11(15)9(13)10(14)12(16)18-8-6-4-2;5-1(3(7)8)2(6)4(9)10/h2*9-10,13-14H,3-8H2,1-2H3;1-2,5-6H,(H,7,8)(H,9,10). The molecule has 0 rings (SSSR count). The molecule has 270 valence electrons. The second-order valence-corrected chi connectivity index (χ2v) is 9.43. The molecule has 0 saturated carbocycles. The Morgan fingerprint density at radius 3 is 0.696 bits per heavy atom. The van der Waals surface area contributed by atoms with E-state index in [-0.39, 0.29) is 26.4 Å². The van der Waals surface area contributed by atoms with Crippen LogP contribution in [0.25, 0.3) is 0 Å². The summed E-state index contributed by atoms with van der Waals surface area (Å²) in [4.78, 5) is 64.6. The Kier molecular flexibility index (Phi) is 29.6. The second-order valence-electron chi connectivity index (χ2n) is 9.43. The summed E-state index contributed by atoms with van der Waals surface area (Å²) in [6, 6.07) is 0. The molecule has 0 aliphatic heterocycles. The number of carbonyl (C=O) groups is 6. The summed E-state index contributed by atoms with van der Waals surface area (Å²) in [5, 5.41) is 70.1. The first-order chi connectivity index (χ1) is 21.5. The Labute approximate surface area is 266 Å². The molecule has 0 aromatic rings. The van der Waals surface area contributed by atoms with E-state index in [1.54, 1.807) is 0 Å². The number of aliphatic carboxylic acids is 2. The van der Waals surface area contributed by atoms with Crippen molar-refractivity contribution in [2.45, 2.75) is 116 Å². The van der Waals surface area contributed by atoms with Crippen molar-refractivity contribution in [1.29, 1.82) is 0 Å². The lowest BCUT2D eigenvalue weighted by Crippen LogP contribution is -2.41. The molecule has 0 aliphatic rings. The van der Waals surface area contributed by atoms with Crippen molar-refractivity contribution in [1.82, 2.24) is 0 Å². The van der Waals surface area contributed by atoms with Crippen LogP contribution in [-0.4, -0.2) is 140 Å². The van der Waals surface area contributed by atoms with Crippen LogP contribution in [-0.2, 0) is 47.7 Å². The molecule has 0 bridgehead atoms. The highest BCUT2D eigenvalue weighted by molar-refractivity contribution is 5.86. The molecule has 0 aromatic heterocycles. The Morgan fingerprint density at radius 2 is 0.565 bits per heavy atom. The van der Waals surface area contributed by atoms with Gasteiger partial charge in [0.15, 0.2) is 36.6 Å². The van der Waals surface area contributed by atoms with Crippen molar-refractivity contribution in [3.63, 3.8) is 0 Å². The first-order valence-electron chi connectivity index (χ1n) is 14.8. The minimum Gasteiger partial charge on any atom is -0.479 e. The molecular formula is C28H50O18. The zero-order valence-electron chi connectivity index (χ0n) is 26.6. The molecule has 0 radical (unpaired) electrons. The maximum absolute atomic E-state index is 11.3. The molecule has 0 aromatic carbocycles. The van der Waals surface area contributed by atoms with E-state index in [9.17, 15) is 49.2 Å². The van der Waals surface area contributed by atoms with Gasteiger partial charge >= 0.3 is 35.8 Å². The van der Waals surface area contributed by atoms with Crippen LogP contribution >= 0.6 is 0 Å². The normalized spacial score (nSPS) is 14.2. The van der Waals surface area contributed by atoms with Gasteiger partial charge in [-0.15, -0.1) is 0 Å². The van der Waals surface area contributed by atoms with Gasteiger partial charge in [-0.25, -0.2) is 28.8 Å². The first-order valence-corrected chi connectivity index (χ1v) is 14.8. The number of hydrogen-bond acceptors (Lipinski definition) is 16. The van der Waals surface area contributed by atoms with Crippen LogP contribution in [0.2, 0.25) is 0 Å². The predicted molar refractivity (Wildman–Crippen MR) is 155 cm³/mol. The fraction of sp³-hybridized carbons (Fsp3) is 0.786. The summed E-state index contributed by atoms with van der Waals surface area (Å²) < 4.78 is 18.7. The van der Waals surface area contributed by atoms with E-state index in [2.05, 4.69) is 18.9 Å². The highest BCUT2D eigenvalue weighted by Gasteiger charge is 2.34. The van der Waals surface area contributed by atoms with Gasteiger partial charge in [0.25, 0.3) is 0 Å². The van der Waals surface area contributed by atoms with Crippen molar-refractivity contribution in [3.8, 4) is 0 Å². The lowest BCUT2D eigenvalue weighted by molar-refractivity contribution is -0.173. The molecule has 6 atom stereocenters. The quantitative estimate of drug-likeness (QED) is 0.0397. The number of ether oxygens (including phenoxy) is 4. The van der Waals surface area contributed by atoms with E-state index in [1.807, 2.05) is 27.7 Å². The number of carbonyl (C=O) groups excluding carboxylic acids is 4. The van der Waals surface area contributed by atoms with Gasteiger partial charge in [-0.3, -0.25) is 0 Å². The lowest BCUT2D eigenvalue weighted by Gasteiger charge is -2.15. The maximum atomic E-state index is 11.3. The molecule has 18 heteroatoms. The SMILES string of the molecule is CCCCOC(=O)C(O)C(O)C(=O)OCCCC.CCCCOC(=O)C(O)C(O)C(=O)OCCCC.O=C(O)C(O)C(O)C(=O)O. The first kappa shape index (κ1) is 47.0. The van der Waals surface area contributed by atoms with Gasteiger partial charge in [-0.05, 0) is 25.7 Å². The summed E-state index contributed by atoms with van der Waals surface area (Å²) in [6.45, 7) is 8.31.